The van der Waals surface area contributed by atoms with Gasteiger partial charge in [0.25, 0.3) is 0 Å². The van der Waals surface area contributed by atoms with Crippen LogP contribution in [0.4, 0.5) is 0 Å². The maximum Gasteiger partial charge on any atom is 0.466 e. The maximum atomic E-state index is 12.0. The molecule has 0 N–H and O–H groups in total. The van der Waals surface area contributed by atoms with Gasteiger partial charge in [0, 0.05) is 10.3 Å². The first-order valence-electron chi connectivity index (χ1n) is 8.16. The summed E-state index contributed by atoms with van der Waals surface area (Å²) in [5.41, 5.74) is -0.128. The first-order chi connectivity index (χ1) is 11.6. The summed E-state index contributed by atoms with van der Waals surface area (Å²) < 4.78 is 28.9. The van der Waals surface area contributed by atoms with Crippen LogP contribution in [0.15, 0.2) is 16.6 Å². The molecule has 6 nitrogen and oxygen atoms in total. The number of carbonyl (C=O) groups excluding carboxylic acids is 1. The van der Waals surface area contributed by atoms with Crippen LogP contribution in [0.25, 0.3) is 0 Å². The molecule has 25 heavy (non-hydrogen) atoms. The molecule has 2 aliphatic rings. The van der Waals surface area contributed by atoms with Gasteiger partial charge in [-0.25, -0.2) is 0 Å². The van der Waals surface area contributed by atoms with Crippen molar-refractivity contribution in [3.63, 3.8) is 0 Å². The van der Waals surface area contributed by atoms with E-state index < -0.39 is 18.3 Å². The molecule has 1 unspecified atom stereocenters. The molecule has 8 heteroatoms. The minimum Gasteiger partial charge on any atom is -0.469 e. The Morgan fingerprint density at radius 2 is 1.76 bits per heavy atom. The number of benzene rings is 1. The highest BCUT2D eigenvalue weighted by Gasteiger charge is 2.54. The predicted octanol–water partition coefficient (Wildman–Crippen LogP) is 3.46. The number of halogens is 1. The third kappa shape index (κ3) is 3.39. The third-order valence-electron chi connectivity index (χ3n) is 5.11. The van der Waals surface area contributed by atoms with Gasteiger partial charge >= 0.3 is 13.1 Å². The standard InChI is InChI=1S/C17H22BBrO6/c1-16(2)17(3,4)25-18(24-16)11(7-15(20)21-5)10-6-13-14(8-12(10)19)23-9-22-13/h6,8,11H,7,9H2,1-5H3. The SMILES string of the molecule is COC(=O)CC(B1OC(C)(C)C(C)(C)O1)c1cc2c(cc1Br)OCO2. The molecule has 0 bridgehead atoms. The first-order valence-corrected chi connectivity index (χ1v) is 8.95. The van der Waals surface area contributed by atoms with E-state index in [4.69, 9.17) is 23.5 Å². The van der Waals surface area contributed by atoms with Crippen LogP contribution in [0, 0.1) is 0 Å². The summed E-state index contributed by atoms with van der Waals surface area (Å²) in [5.74, 6) is 0.632. The largest absolute Gasteiger partial charge is 0.469 e. The van der Waals surface area contributed by atoms with Gasteiger partial charge in [-0.05, 0) is 45.4 Å². The van der Waals surface area contributed by atoms with Gasteiger partial charge in [0.2, 0.25) is 6.79 Å². The molecule has 3 rings (SSSR count). The number of esters is 1. The summed E-state index contributed by atoms with van der Waals surface area (Å²) >= 11 is 3.57. The number of ether oxygens (including phenoxy) is 3. The van der Waals surface area contributed by atoms with E-state index in [1.165, 1.54) is 7.11 Å². The van der Waals surface area contributed by atoms with Crippen LogP contribution in [0.3, 0.4) is 0 Å². The molecule has 0 aromatic heterocycles. The quantitative estimate of drug-likeness (QED) is 0.557. The van der Waals surface area contributed by atoms with E-state index in [0.717, 1.165) is 10.0 Å². The number of fused-ring (bicyclic) bond motifs is 1. The average Bonchev–Trinajstić information content (AvgIpc) is 3.05. The van der Waals surface area contributed by atoms with E-state index in [-0.39, 0.29) is 25.0 Å². The lowest BCUT2D eigenvalue weighted by Crippen LogP contribution is -2.41. The van der Waals surface area contributed by atoms with E-state index in [0.29, 0.717) is 11.5 Å². The predicted molar refractivity (Wildman–Crippen MR) is 95.7 cm³/mol. The van der Waals surface area contributed by atoms with E-state index >= 15 is 0 Å². The van der Waals surface area contributed by atoms with E-state index in [1.807, 2.05) is 39.8 Å². The van der Waals surface area contributed by atoms with Gasteiger partial charge < -0.3 is 23.5 Å². The van der Waals surface area contributed by atoms with Gasteiger partial charge in [-0.3, -0.25) is 4.79 Å². The first kappa shape index (κ1) is 18.5. The lowest BCUT2D eigenvalue weighted by Gasteiger charge is -2.32. The minimum absolute atomic E-state index is 0.131. The Labute approximate surface area is 156 Å². The Balaban J connectivity index is 1.98. The summed E-state index contributed by atoms with van der Waals surface area (Å²) in [6.07, 6.45) is 0.131. The molecule has 2 heterocycles. The van der Waals surface area contributed by atoms with Crippen LogP contribution in [-0.2, 0) is 18.8 Å². The zero-order valence-corrected chi connectivity index (χ0v) is 16.6. The molecule has 1 fully saturated rings. The van der Waals surface area contributed by atoms with E-state index in [9.17, 15) is 4.79 Å². The topological polar surface area (TPSA) is 63.2 Å². The van der Waals surface area contributed by atoms with Crippen molar-refractivity contribution >= 4 is 29.0 Å². The molecule has 0 saturated carbocycles. The van der Waals surface area contributed by atoms with Crippen molar-refractivity contribution in [2.75, 3.05) is 13.9 Å². The zero-order chi connectivity index (χ0) is 18.4. The molecule has 2 aliphatic heterocycles. The molecule has 0 amide bonds. The Hall–Kier alpha value is -1.25. The van der Waals surface area contributed by atoms with Crippen molar-refractivity contribution in [2.45, 2.75) is 51.1 Å². The molecular formula is C17H22BBrO6. The van der Waals surface area contributed by atoms with Crippen LogP contribution in [0.2, 0.25) is 0 Å². The molecule has 1 aromatic rings. The van der Waals surface area contributed by atoms with Gasteiger partial charge in [-0.1, -0.05) is 15.9 Å². The highest BCUT2D eigenvalue weighted by molar-refractivity contribution is 9.10. The third-order valence-corrected chi connectivity index (χ3v) is 5.79. The maximum absolute atomic E-state index is 12.0. The second kappa shape index (κ2) is 6.48. The fraction of sp³-hybridized carbons (Fsp3) is 0.588. The van der Waals surface area contributed by atoms with Crippen LogP contribution >= 0.6 is 15.9 Å². The van der Waals surface area contributed by atoms with Crippen LogP contribution in [-0.4, -0.2) is 38.2 Å². The average molecular weight is 413 g/mol. The Morgan fingerprint density at radius 3 is 2.32 bits per heavy atom. The van der Waals surface area contributed by atoms with Crippen LogP contribution in [0.1, 0.15) is 45.5 Å². The minimum atomic E-state index is -0.583. The zero-order valence-electron chi connectivity index (χ0n) is 15.1. The number of rotatable bonds is 4. The Bertz CT molecular complexity index is 674. The Morgan fingerprint density at radius 1 is 1.20 bits per heavy atom. The van der Waals surface area contributed by atoms with Crippen molar-refractivity contribution in [3.8, 4) is 11.5 Å². The van der Waals surface area contributed by atoms with Gasteiger partial charge in [-0.2, -0.15) is 0 Å². The monoisotopic (exact) mass is 412 g/mol. The molecule has 1 aromatic carbocycles. The van der Waals surface area contributed by atoms with Crippen molar-refractivity contribution < 1.29 is 28.3 Å². The fourth-order valence-electron chi connectivity index (χ4n) is 2.89. The van der Waals surface area contributed by atoms with Crippen LogP contribution < -0.4 is 9.47 Å². The highest BCUT2D eigenvalue weighted by atomic mass is 79.9. The Kier molecular flexibility index (Phi) is 4.81. The van der Waals surface area contributed by atoms with E-state index in [2.05, 4.69) is 15.9 Å². The summed E-state index contributed by atoms with van der Waals surface area (Å²) in [6, 6.07) is 3.71. The van der Waals surface area contributed by atoms with Crippen molar-refractivity contribution in [2.24, 2.45) is 0 Å². The van der Waals surface area contributed by atoms with Gasteiger partial charge in [0.15, 0.2) is 11.5 Å². The molecule has 0 radical (unpaired) electrons. The molecule has 0 aliphatic carbocycles. The summed E-state index contributed by atoms with van der Waals surface area (Å²) in [7, 11) is 0.791. The number of methoxy groups -OCH3 is 1. The highest BCUT2D eigenvalue weighted by Crippen LogP contribution is 2.45. The van der Waals surface area contributed by atoms with E-state index in [1.54, 1.807) is 0 Å². The molecule has 136 valence electrons. The van der Waals surface area contributed by atoms with Crippen molar-refractivity contribution in [3.05, 3.63) is 22.2 Å². The molecule has 1 saturated heterocycles. The normalized spacial score (nSPS) is 21.3. The summed E-state index contributed by atoms with van der Waals surface area (Å²) in [4.78, 5) is 12.0. The van der Waals surface area contributed by atoms with Gasteiger partial charge in [0.05, 0.1) is 24.7 Å². The summed E-state index contributed by atoms with van der Waals surface area (Å²) in [5, 5.41) is 0. The lowest BCUT2D eigenvalue weighted by molar-refractivity contribution is -0.140. The second-order valence-electron chi connectivity index (χ2n) is 7.24. The molecule has 0 spiro atoms. The smallest absolute Gasteiger partial charge is 0.466 e. The van der Waals surface area contributed by atoms with Crippen LogP contribution in [0.5, 0.6) is 11.5 Å². The van der Waals surface area contributed by atoms with Crippen molar-refractivity contribution in [1.82, 2.24) is 0 Å². The second-order valence-corrected chi connectivity index (χ2v) is 8.09. The summed E-state index contributed by atoms with van der Waals surface area (Å²) in [6.45, 7) is 8.12. The number of hydrogen-bond donors (Lipinski definition) is 0. The van der Waals surface area contributed by atoms with Gasteiger partial charge in [0.1, 0.15) is 0 Å². The molecule has 1 atom stereocenters. The van der Waals surface area contributed by atoms with Gasteiger partial charge in [-0.15, -0.1) is 0 Å². The molecular weight excluding hydrogens is 391 g/mol. The number of carbonyl (C=O) groups is 1. The fourth-order valence-corrected chi connectivity index (χ4v) is 3.50. The number of hydrogen-bond acceptors (Lipinski definition) is 6. The lowest BCUT2D eigenvalue weighted by atomic mass is 9.66. The van der Waals surface area contributed by atoms with Crippen molar-refractivity contribution in [1.29, 1.82) is 0 Å².